The van der Waals surface area contributed by atoms with Crippen LogP contribution in [0.15, 0.2) is 33.4 Å². The number of aryl methyl sites for hydroxylation is 2. The molecule has 9 heteroatoms. The van der Waals surface area contributed by atoms with Crippen molar-refractivity contribution in [3.8, 4) is 11.6 Å². The largest absolute Gasteiger partial charge is 0.462 e. The van der Waals surface area contributed by atoms with Crippen LogP contribution in [-0.2, 0) is 22.4 Å². The molecule has 0 unspecified atom stereocenters. The molecule has 0 aromatic carbocycles. The summed E-state index contributed by atoms with van der Waals surface area (Å²) >= 11 is 1.37. The first-order valence-corrected chi connectivity index (χ1v) is 9.38. The van der Waals surface area contributed by atoms with E-state index in [-0.39, 0.29) is 25.4 Å². The van der Waals surface area contributed by atoms with Crippen molar-refractivity contribution >= 4 is 28.2 Å². The zero-order valence-corrected chi connectivity index (χ0v) is 15.8. The van der Waals surface area contributed by atoms with Gasteiger partial charge in [0.1, 0.15) is 5.00 Å². The van der Waals surface area contributed by atoms with Crippen LogP contribution in [-0.4, -0.2) is 28.6 Å². The molecule has 3 rings (SSSR count). The van der Waals surface area contributed by atoms with Gasteiger partial charge in [0.25, 0.3) is 0 Å². The van der Waals surface area contributed by atoms with Gasteiger partial charge >= 0.3 is 5.97 Å². The lowest BCUT2D eigenvalue weighted by Gasteiger charge is -2.05. The van der Waals surface area contributed by atoms with Crippen molar-refractivity contribution < 1.29 is 23.3 Å². The van der Waals surface area contributed by atoms with Gasteiger partial charge in [-0.25, -0.2) is 4.79 Å². The summed E-state index contributed by atoms with van der Waals surface area (Å²) in [4.78, 5) is 29.5. The Kier molecular flexibility index (Phi) is 6.02. The smallest absolute Gasteiger partial charge is 0.341 e. The molecule has 142 valence electrons. The summed E-state index contributed by atoms with van der Waals surface area (Å²) in [5.41, 5.74) is 0.380. The second kappa shape index (κ2) is 8.63. The molecule has 8 nitrogen and oxygen atoms in total. The fourth-order valence-corrected chi connectivity index (χ4v) is 3.34. The number of carbonyl (C=O) groups excluding carboxylic acids is 2. The Labute approximate surface area is 159 Å². The molecule has 0 radical (unpaired) electrons. The number of amides is 1. The third-order valence-corrected chi connectivity index (χ3v) is 4.85. The number of ether oxygens (including phenoxy) is 1. The molecule has 0 aliphatic rings. The minimum absolute atomic E-state index is 0.140. The molecule has 27 heavy (non-hydrogen) atoms. The van der Waals surface area contributed by atoms with Crippen LogP contribution < -0.4 is 5.32 Å². The second-order valence-electron chi connectivity index (χ2n) is 5.57. The Morgan fingerprint density at radius 1 is 1.33 bits per heavy atom. The average Bonchev–Trinajstić information content (AvgIpc) is 3.40. The molecule has 1 N–H and O–H groups in total. The van der Waals surface area contributed by atoms with Gasteiger partial charge in [0.05, 0.1) is 18.4 Å². The normalized spacial score (nSPS) is 10.7. The number of hydrogen-bond acceptors (Lipinski definition) is 8. The Balaban J connectivity index is 1.61. The minimum atomic E-state index is -0.441. The quantitative estimate of drug-likeness (QED) is 0.585. The highest BCUT2D eigenvalue weighted by molar-refractivity contribution is 7.16. The van der Waals surface area contributed by atoms with Crippen molar-refractivity contribution in [2.24, 2.45) is 0 Å². The number of furan rings is 1. The predicted molar refractivity (Wildman–Crippen MR) is 98.6 cm³/mol. The molecule has 0 saturated heterocycles. The van der Waals surface area contributed by atoms with Crippen molar-refractivity contribution in [2.75, 3.05) is 11.9 Å². The van der Waals surface area contributed by atoms with Crippen LogP contribution in [0.4, 0.5) is 5.00 Å². The molecule has 0 bridgehead atoms. The number of anilines is 1. The topological polar surface area (TPSA) is 107 Å². The van der Waals surface area contributed by atoms with Crippen molar-refractivity contribution in [3.05, 3.63) is 40.8 Å². The van der Waals surface area contributed by atoms with Crippen molar-refractivity contribution in [2.45, 2.75) is 33.1 Å². The number of hydrogen-bond donors (Lipinski definition) is 1. The maximum Gasteiger partial charge on any atom is 0.341 e. The molecule has 0 spiro atoms. The van der Waals surface area contributed by atoms with Gasteiger partial charge in [-0.3, -0.25) is 4.79 Å². The molecule has 0 fully saturated rings. The first-order valence-electron chi connectivity index (χ1n) is 8.56. The van der Waals surface area contributed by atoms with E-state index >= 15 is 0 Å². The number of thiophene rings is 1. The molecular formula is C18H19N3O5S. The molecule has 0 aliphatic heterocycles. The number of esters is 1. The molecule has 0 atom stereocenters. The van der Waals surface area contributed by atoms with Crippen molar-refractivity contribution in [1.82, 2.24) is 10.1 Å². The van der Waals surface area contributed by atoms with Gasteiger partial charge in [-0.05, 0) is 31.5 Å². The molecule has 3 heterocycles. The van der Waals surface area contributed by atoms with Crippen LogP contribution in [0.25, 0.3) is 11.6 Å². The highest BCUT2D eigenvalue weighted by Gasteiger charge is 2.19. The van der Waals surface area contributed by atoms with Gasteiger partial charge in [0.15, 0.2) is 5.76 Å². The van der Waals surface area contributed by atoms with E-state index in [0.29, 0.717) is 28.0 Å². The molecule has 0 saturated carbocycles. The third-order valence-electron chi connectivity index (χ3n) is 3.66. The minimum Gasteiger partial charge on any atom is -0.462 e. The zero-order chi connectivity index (χ0) is 19.2. The Bertz CT molecular complexity index is 913. The van der Waals surface area contributed by atoms with Gasteiger partial charge in [0, 0.05) is 17.7 Å². The van der Waals surface area contributed by atoms with Crippen LogP contribution >= 0.6 is 11.3 Å². The third kappa shape index (κ3) is 4.62. The maximum atomic E-state index is 12.3. The summed E-state index contributed by atoms with van der Waals surface area (Å²) in [6.45, 7) is 4.00. The van der Waals surface area contributed by atoms with Gasteiger partial charge < -0.3 is 19.0 Å². The molecular weight excluding hydrogens is 370 g/mol. The van der Waals surface area contributed by atoms with Crippen LogP contribution in [0.2, 0.25) is 0 Å². The molecule has 0 aliphatic carbocycles. The summed E-state index contributed by atoms with van der Waals surface area (Å²) in [5.74, 6) is 0.485. The maximum absolute atomic E-state index is 12.3. The van der Waals surface area contributed by atoms with E-state index in [2.05, 4.69) is 15.5 Å². The second-order valence-corrected chi connectivity index (χ2v) is 6.70. The molecule has 3 aromatic heterocycles. The van der Waals surface area contributed by atoms with E-state index in [9.17, 15) is 9.59 Å². The summed E-state index contributed by atoms with van der Waals surface area (Å²) in [6.07, 6.45) is 2.71. The van der Waals surface area contributed by atoms with Crippen molar-refractivity contribution in [1.29, 1.82) is 0 Å². The van der Waals surface area contributed by atoms with E-state index < -0.39 is 5.97 Å². The van der Waals surface area contributed by atoms with Crippen LogP contribution in [0.5, 0.6) is 0 Å². The zero-order valence-electron chi connectivity index (χ0n) is 15.0. The van der Waals surface area contributed by atoms with Crippen LogP contribution in [0.1, 0.15) is 41.4 Å². The highest BCUT2D eigenvalue weighted by atomic mass is 32.1. The number of nitrogens with zero attached hydrogens (tertiary/aromatic N) is 2. The molecule has 3 aromatic rings. The van der Waals surface area contributed by atoms with Crippen molar-refractivity contribution in [3.63, 3.8) is 0 Å². The fourth-order valence-electron chi connectivity index (χ4n) is 2.34. The number of nitrogens with one attached hydrogen (secondary N) is 1. The Morgan fingerprint density at radius 2 is 2.19 bits per heavy atom. The highest BCUT2D eigenvalue weighted by Crippen LogP contribution is 2.29. The van der Waals surface area contributed by atoms with E-state index in [4.69, 9.17) is 13.7 Å². The Morgan fingerprint density at radius 3 is 2.89 bits per heavy atom. The lowest BCUT2D eigenvalue weighted by Crippen LogP contribution is -2.14. The standard InChI is InChI=1S/C18H19N3O5S/c1-3-11-10-12(18(23)24-4-2)17(27-11)19-14(22)7-8-15-20-16(21-26-15)13-6-5-9-25-13/h5-6,9-10H,3-4,7-8H2,1-2H3,(H,19,22). The lowest BCUT2D eigenvalue weighted by molar-refractivity contribution is -0.116. The van der Waals surface area contributed by atoms with Crippen LogP contribution in [0, 0.1) is 0 Å². The van der Waals surface area contributed by atoms with E-state index in [1.807, 2.05) is 6.92 Å². The van der Waals surface area contributed by atoms with E-state index in [0.717, 1.165) is 11.3 Å². The number of aromatic nitrogens is 2. The van der Waals surface area contributed by atoms with Gasteiger partial charge in [-0.2, -0.15) is 4.98 Å². The lowest BCUT2D eigenvalue weighted by atomic mass is 10.2. The monoisotopic (exact) mass is 389 g/mol. The van der Waals surface area contributed by atoms with E-state index in [1.165, 1.54) is 17.6 Å². The SMILES string of the molecule is CCOC(=O)c1cc(CC)sc1NC(=O)CCc1nc(-c2ccco2)no1. The molecule has 1 amide bonds. The summed E-state index contributed by atoms with van der Waals surface area (Å²) in [5, 5.41) is 7.10. The number of rotatable bonds is 8. The first-order chi connectivity index (χ1) is 13.1. The van der Waals surface area contributed by atoms with E-state index in [1.54, 1.807) is 25.1 Å². The van der Waals surface area contributed by atoms with Gasteiger partial charge in [0.2, 0.25) is 17.6 Å². The van der Waals surface area contributed by atoms with Crippen LogP contribution in [0.3, 0.4) is 0 Å². The summed E-state index contributed by atoms with van der Waals surface area (Å²) < 4.78 is 15.4. The van der Waals surface area contributed by atoms with Gasteiger partial charge in [-0.1, -0.05) is 12.1 Å². The summed E-state index contributed by atoms with van der Waals surface area (Å²) in [6, 6.07) is 5.21. The van der Waals surface area contributed by atoms with Gasteiger partial charge in [-0.15, -0.1) is 11.3 Å². The first kappa shape index (κ1) is 18.8. The Hall–Kier alpha value is -2.94. The number of carbonyl (C=O) groups is 2. The average molecular weight is 389 g/mol. The summed E-state index contributed by atoms with van der Waals surface area (Å²) in [7, 11) is 0. The fraction of sp³-hybridized carbons (Fsp3) is 0.333. The predicted octanol–water partition coefficient (Wildman–Crippen LogP) is 3.70.